The van der Waals surface area contributed by atoms with E-state index in [9.17, 15) is 9.59 Å². The molecular formula is C14H16N4O3. The summed E-state index contributed by atoms with van der Waals surface area (Å²) in [6, 6.07) is 5.20. The van der Waals surface area contributed by atoms with Crippen LogP contribution in [0.15, 0.2) is 18.2 Å². The van der Waals surface area contributed by atoms with Gasteiger partial charge in [-0.15, -0.1) is 0 Å². The van der Waals surface area contributed by atoms with Crippen LogP contribution in [0.25, 0.3) is 11.0 Å². The topological polar surface area (TPSA) is 88.2 Å². The van der Waals surface area contributed by atoms with Crippen molar-refractivity contribution in [1.82, 2.24) is 20.3 Å². The number of benzene rings is 1. The lowest BCUT2D eigenvalue weighted by atomic mass is 9.97. The largest absolute Gasteiger partial charge is 0.469 e. The first kappa shape index (κ1) is 13.5. The molecule has 2 heterocycles. The Bertz CT molecular complexity index is 682. The fourth-order valence-corrected chi connectivity index (χ4v) is 2.68. The van der Waals surface area contributed by atoms with E-state index in [0.717, 1.165) is 18.4 Å². The second kappa shape index (κ2) is 5.51. The Morgan fingerprint density at radius 3 is 2.95 bits per heavy atom. The van der Waals surface area contributed by atoms with Crippen LogP contribution < -0.4 is 0 Å². The summed E-state index contributed by atoms with van der Waals surface area (Å²) in [4.78, 5) is 25.9. The number of amides is 1. The molecule has 21 heavy (non-hydrogen) atoms. The van der Waals surface area contributed by atoms with E-state index < -0.39 is 0 Å². The smallest absolute Gasteiger partial charge is 0.310 e. The molecule has 1 amide bonds. The number of aromatic amines is 1. The lowest BCUT2D eigenvalue weighted by Gasteiger charge is -2.31. The monoisotopic (exact) mass is 288 g/mol. The van der Waals surface area contributed by atoms with E-state index in [1.807, 2.05) is 0 Å². The van der Waals surface area contributed by atoms with Gasteiger partial charge < -0.3 is 9.64 Å². The summed E-state index contributed by atoms with van der Waals surface area (Å²) in [5.41, 5.74) is 1.93. The minimum Gasteiger partial charge on any atom is -0.469 e. The summed E-state index contributed by atoms with van der Waals surface area (Å²) < 4.78 is 4.77. The predicted octanol–water partition coefficient (Wildman–Crippen LogP) is 0.983. The number of H-pyrrole nitrogens is 1. The Morgan fingerprint density at radius 1 is 1.33 bits per heavy atom. The Hall–Kier alpha value is -2.44. The van der Waals surface area contributed by atoms with E-state index in [1.54, 1.807) is 23.1 Å². The van der Waals surface area contributed by atoms with Gasteiger partial charge in [0, 0.05) is 18.7 Å². The zero-order chi connectivity index (χ0) is 14.8. The third-order valence-electron chi connectivity index (χ3n) is 3.81. The lowest BCUT2D eigenvalue weighted by molar-refractivity contribution is -0.146. The molecule has 1 aliphatic rings. The average Bonchev–Trinajstić information content (AvgIpc) is 3.01. The van der Waals surface area contributed by atoms with Crippen LogP contribution in [0.2, 0.25) is 0 Å². The van der Waals surface area contributed by atoms with Gasteiger partial charge in [-0.2, -0.15) is 15.4 Å². The van der Waals surface area contributed by atoms with Gasteiger partial charge in [-0.05, 0) is 31.0 Å². The number of esters is 1. The van der Waals surface area contributed by atoms with Gasteiger partial charge in [0.05, 0.1) is 13.0 Å². The summed E-state index contributed by atoms with van der Waals surface area (Å²) in [6.07, 6.45) is 1.57. The molecule has 1 aromatic carbocycles. The number of piperidine rings is 1. The van der Waals surface area contributed by atoms with E-state index >= 15 is 0 Å². The number of methoxy groups -OCH3 is 1. The maximum atomic E-state index is 12.5. The standard InChI is InChI=1S/C14H16N4O3/c1-21-14(20)10-3-2-6-18(8-10)13(19)9-4-5-11-12(7-9)16-17-15-11/h4-5,7,10H,2-3,6,8H2,1H3,(H,15,16,17). The lowest BCUT2D eigenvalue weighted by Crippen LogP contribution is -2.42. The van der Waals surface area contributed by atoms with Gasteiger partial charge in [0.2, 0.25) is 0 Å². The molecule has 0 spiro atoms. The van der Waals surface area contributed by atoms with E-state index in [-0.39, 0.29) is 17.8 Å². The van der Waals surface area contributed by atoms with Gasteiger partial charge in [0.15, 0.2) is 0 Å². The summed E-state index contributed by atoms with van der Waals surface area (Å²) >= 11 is 0. The molecule has 1 atom stereocenters. The highest BCUT2D eigenvalue weighted by Gasteiger charge is 2.29. The zero-order valence-electron chi connectivity index (χ0n) is 11.7. The highest BCUT2D eigenvalue weighted by molar-refractivity contribution is 5.97. The molecule has 1 unspecified atom stereocenters. The molecule has 0 radical (unpaired) electrons. The highest BCUT2D eigenvalue weighted by Crippen LogP contribution is 2.20. The quantitative estimate of drug-likeness (QED) is 0.832. The summed E-state index contributed by atoms with van der Waals surface area (Å²) in [5.74, 6) is -0.573. The first-order valence-electron chi connectivity index (χ1n) is 6.86. The van der Waals surface area contributed by atoms with Gasteiger partial charge >= 0.3 is 5.97 Å². The van der Waals surface area contributed by atoms with E-state index in [1.165, 1.54) is 7.11 Å². The molecule has 0 bridgehead atoms. The van der Waals surface area contributed by atoms with Gasteiger partial charge in [-0.3, -0.25) is 9.59 Å². The van der Waals surface area contributed by atoms with Crippen LogP contribution >= 0.6 is 0 Å². The predicted molar refractivity (Wildman–Crippen MR) is 74.5 cm³/mol. The molecule has 7 nitrogen and oxygen atoms in total. The summed E-state index contributed by atoms with van der Waals surface area (Å²) in [7, 11) is 1.38. The van der Waals surface area contributed by atoms with Crippen LogP contribution in [0.4, 0.5) is 0 Å². The molecule has 0 saturated carbocycles. The molecule has 3 rings (SSSR count). The second-order valence-corrected chi connectivity index (χ2v) is 5.14. The van der Waals surface area contributed by atoms with Crippen molar-refractivity contribution in [1.29, 1.82) is 0 Å². The highest BCUT2D eigenvalue weighted by atomic mass is 16.5. The molecule has 7 heteroatoms. The maximum Gasteiger partial charge on any atom is 0.310 e. The van der Waals surface area contributed by atoms with Crippen LogP contribution in [-0.4, -0.2) is 52.4 Å². The van der Waals surface area contributed by atoms with Crippen molar-refractivity contribution in [2.24, 2.45) is 5.92 Å². The van der Waals surface area contributed by atoms with Crippen LogP contribution in [0.1, 0.15) is 23.2 Å². The molecule has 1 fully saturated rings. The van der Waals surface area contributed by atoms with Crippen molar-refractivity contribution in [2.45, 2.75) is 12.8 Å². The third kappa shape index (κ3) is 2.58. The average molecular weight is 288 g/mol. The van der Waals surface area contributed by atoms with Gasteiger partial charge in [-0.1, -0.05) is 0 Å². The number of ether oxygens (including phenoxy) is 1. The number of aromatic nitrogens is 3. The Labute approximate surface area is 121 Å². The molecule has 0 aliphatic carbocycles. The molecule has 2 aromatic rings. The molecule has 1 saturated heterocycles. The van der Waals surface area contributed by atoms with E-state index in [0.29, 0.717) is 24.2 Å². The first-order valence-corrected chi connectivity index (χ1v) is 6.86. The normalized spacial score (nSPS) is 18.7. The number of nitrogens with zero attached hydrogens (tertiary/aromatic N) is 3. The third-order valence-corrected chi connectivity index (χ3v) is 3.81. The molecular weight excluding hydrogens is 272 g/mol. The number of hydrogen-bond donors (Lipinski definition) is 1. The van der Waals surface area contributed by atoms with E-state index in [4.69, 9.17) is 4.74 Å². The van der Waals surface area contributed by atoms with Gasteiger partial charge in [0.25, 0.3) is 5.91 Å². The SMILES string of the molecule is COC(=O)C1CCCN(C(=O)c2ccc3n[nH]nc3c2)C1. The van der Waals surface area contributed by atoms with Crippen LogP contribution in [0.5, 0.6) is 0 Å². The Kier molecular flexibility index (Phi) is 3.55. The minimum atomic E-state index is -0.251. The maximum absolute atomic E-state index is 12.5. The summed E-state index contributed by atoms with van der Waals surface area (Å²) in [6.45, 7) is 1.06. The van der Waals surface area contributed by atoms with Crippen LogP contribution in [0, 0.1) is 5.92 Å². The van der Waals surface area contributed by atoms with E-state index in [2.05, 4.69) is 15.4 Å². The van der Waals surface area contributed by atoms with Crippen LogP contribution in [-0.2, 0) is 9.53 Å². The van der Waals surface area contributed by atoms with Crippen molar-refractivity contribution in [3.05, 3.63) is 23.8 Å². The Morgan fingerprint density at radius 2 is 2.14 bits per heavy atom. The number of likely N-dealkylation sites (tertiary alicyclic amines) is 1. The molecule has 1 N–H and O–H groups in total. The number of carbonyl (C=O) groups is 2. The molecule has 110 valence electrons. The zero-order valence-corrected chi connectivity index (χ0v) is 11.7. The number of fused-ring (bicyclic) bond motifs is 1. The van der Waals surface area contributed by atoms with Gasteiger partial charge in [-0.25, -0.2) is 0 Å². The number of rotatable bonds is 2. The number of carbonyl (C=O) groups excluding carboxylic acids is 2. The van der Waals surface area contributed by atoms with Crippen LogP contribution in [0.3, 0.4) is 0 Å². The number of hydrogen-bond acceptors (Lipinski definition) is 5. The Balaban J connectivity index is 1.78. The summed E-state index contributed by atoms with van der Waals surface area (Å²) in [5, 5.41) is 10.5. The van der Waals surface area contributed by atoms with Crippen molar-refractivity contribution in [3.8, 4) is 0 Å². The molecule has 1 aromatic heterocycles. The number of nitrogens with one attached hydrogen (secondary N) is 1. The minimum absolute atomic E-state index is 0.0893. The van der Waals surface area contributed by atoms with Crippen molar-refractivity contribution < 1.29 is 14.3 Å². The first-order chi connectivity index (χ1) is 10.2. The fraction of sp³-hybridized carbons (Fsp3) is 0.429. The van der Waals surface area contributed by atoms with Crippen molar-refractivity contribution in [3.63, 3.8) is 0 Å². The molecule has 1 aliphatic heterocycles. The fourth-order valence-electron chi connectivity index (χ4n) is 2.68. The second-order valence-electron chi connectivity index (χ2n) is 5.14. The van der Waals surface area contributed by atoms with Gasteiger partial charge in [0.1, 0.15) is 11.0 Å². The van der Waals surface area contributed by atoms with Crippen molar-refractivity contribution in [2.75, 3.05) is 20.2 Å². The van der Waals surface area contributed by atoms with Crippen molar-refractivity contribution >= 4 is 22.9 Å².